The van der Waals surface area contributed by atoms with Gasteiger partial charge in [0, 0.05) is 30.4 Å². The lowest BCUT2D eigenvalue weighted by Crippen LogP contribution is -2.42. The standard InChI is InChI=1S/C21H27NO5/c1-21-10-9-14-13-5-7-18(27-12-2-11-23)20(22(25)26)16(13)4-3-15(14)17(21)6-8-19(21)24/h5,7,14-15,17,23H,2-4,6,8-12H2,1H3/t14-,15+,17+,21-/m1/s1. The summed E-state index contributed by atoms with van der Waals surface area (Å²) in [7, 11) is 0. The van der Waals surface area contributed by atoms with Gasteiger partial charge in [-0.2, -0.15) is 0 Å². The first-order valence-corrected chi connectivity index (χ1v) is 10.0. The van der Waals surface area contributed by atoms with E-state index in [0.29, 0.717) is 48.5 Å². The van der Waals surface area contributed by atoms with Crippen LogP contribution < -0.4 is 4.74 Å². The largest absolute Gasteiger partial charge is 0.487 e. The number of ether oxygens (including phenoxy) is 1. The zero-order chi connectivity index (χ0) is 19.2. The Bertz CT molecular complexity index is 776. The summed E-state index contributed by atoms with van der Waals surface area (Å²) < 4.78 is 5.59. The molecule has 146 valence electrons. The predicted octanol–water partition coefficient (Wildman–Crippen LogP) is 3.78. The molecule has 0 aliphatic heterocycles. The number of nitro benzene ring substituents is 1. The Morgan fingerprint density at radius 2 is 2.11 bits per heavy atom. The van der Waals surface area contributed by atoms with E-state index in [1.165, 1.54) is 0 Å². The molecule has 27 heavy (non-hydrogen) atoms. The maximum Gasteiger partial charge on any atom is 0.314 e. The first-order valence-electron chi connectivity index (χ1n) is 10.0. The number of fused-ring (bicyclic) bond motifs is 5. The van der Waals surface area contributed by atoms with Crippen LogP contribution in [0.4, 0.5) is 5.69 Å². The molecule has 0 saturated heterocycles. The molecule has 4 rings (SSSR count). The smallest absolute Gasteiger partial charge is 0.314 e. The molecule has 4 atom stereocenters. The molecular weight excluding hydrogens is 346 g/mol. The van der Waals surface area contributed by atoms with Crippen molar-refractivity contribution in [2.45, 2.75) is 57.8 Å². The Morgan fingerprint density at radius 3 is 2.85 bits per heavy atom. The Kier molecular flexibility index (Phi) is 4.70. The molecule has 0 radical (unpaired) electrons. The van der Waals surface area contributed by atoms with Gasteiger partial charge in [0.25, 0.3) is 0 Å². The van der Waals surface area contributed by atoms with E-state index in [0.717, 1.165) is 36.8 Å². The minimum Gasteiger partial charge on any atom is -0.487 e. The van der Waals surface area contributed by atoms with Crippen molar-refractivity contribution in [3.05, 3.63) is 33.4 Å². The van der Waals surface area contributed by atoms with Gasteiger partial charge in [-0.3, -0.25) is 14.9 Å². The van der Waals surface area contributed by atoms with E-state index >= 15 is 0 Å². The van der Waals surface area contributed by atoms with Crippen molar-refractivity contribution in [3.63, 3.8) is 0 Å². The van der Waals surface area contributed by atoms with Crippen LogP contribution in [0.25, 0.3) is 0 Å². The number of benzene rings is 1. The van der Waals surface area contributed by atoms with Gasteiger partial charge in [0.2, 0.25) is 0 Å². The number of ketones is 1. The summed E-state index contributed by atoms with van der Waals surface area (Å²) >= 11 is 0. The van der Waals surface area contributed by atoms with E-state index < -0.39 is 0 Å². The molecule has 3 aliphatic rings. The van der Waals surface area contributed by atoms with Crippen molar-refractivity contribution in [2.75, 3.05) is 13.2 Å². The lowest BCUT2D eigenvalue weighted by molar-refractivity contribution is -0.386. The van der Waals surface area contributed by atoms with Crippen molar-refractivity contribution >= 4 is 11.5 Å². The van der Waals surface area contributed by atoms with Gasteiger partial charge in [0.1, 0.15) is 5.78 Å². The Morgan fingerprint density at radius 1 is 1.30 bits per heavy atom. The predicted molar refractivity (Wildman–Crippen MR) is 99.9 cm³/mol. The fraction of sp³-hybridized carbons (Fsp3) is 0.667. The molecule has 0 unspecified atom stereocenters. The highest BCUT2D eigenvalue weighted by Gasteiger charge is 2.55. The van der Waals surface area contributed by atoms with Crippen LogP contribution in [0.3, 0.4) is 0 Å². The van der Waals surface area contributed by atoms with Gasteiger partial charge in [0.15, 0.2) is 5.75 Å². The first-order chi connectivity index (χ1) is 13.0. The molecular formula is C21H27NO5. The number of hydrogen-bond acceptors (Lipinski definition) is 5. The van der Waals surface area contributed by atoms with Crippen LogP contribution in [-0.2, 0) is 11.2 Å². The molecule has 0 aromatic heterocycles. The lowest BCUT2D eigenvalue weighted by atomic mass is 9.55. The maximum atomic E-state index is 12.4. The maximum absolute atomic E-state index is 12.4. The molecule has 0 amide bonds. The van der Waals surface area contributed by atoms with Crippen LogP contribution in [0.1, 0.15) is 62.5 Å². The molecule has 2 fully saturated rings. The van der Waals surface area contributed by atoms with E-state index in [4.69, 9.17) is 9.84 Å². The summed E-state index contributed by atoms with van der Waals surface area (Å²) in [6.07, 6.45) is 5.51. The Labute approximate surface area is 159 Å². The molecule has 6 heteroatoms. The molecule has 6 nitrogen and oxygen atoms in total. The summed E-state index contributed by atoms with van der Waals surface area (Å²) in [5, 5.41) is 20.7. The van der Waals surface area contributed by atoms with Gasteiger partial charge in [-0.15, -0.1) is 0 Å². The minimum absolute atomic E-state index is 0.00136. The normalized spacial score (nSPS) is 31.8. The number of aliphatic hydroxyl groups is 1. The van der Waals surface area contributed by atoms with Gasteiger partial charge < -0.3 is 9.84 Å². The molecule has 1 N–H and O–H groups in total. The summed E-state index contributed by atoms with van der Waals surface area (Å²) in [6.45, 7) is 2.41. The zero-order valence-electron chi connectivity index (χ0n) is 15.8. The monoisotopic (exact) mass is 373 g/mol. The van der Waals surface area contributed by atoms with Crippen LogP contribution in [0.15, 0.2) is 12.1 Å². The van der Waals surface area contributed by atoms with Gasteiger partial charge >= 0.3 is 5.69 Å². The number of carbonyl (C=O) groups is 1. The first kappa shape index (κ1) is 18.4. The topological polar surface area (TPSA) is 89.7 Å². The van der Waals surface area contributed by atoms with Crippen LogP contribution in [0, 0.1) is 27.4 Å². The van der Waals surface area contributed by atoms with E-state index in [-0.39, 0.29) is 29.2 Å². The average molecular weight is 373 g/mol. The number of nitro groups is 1. The van der Waals surface area contributed by atoms with Gasteiger partial charge in [-0.05, 0) is 61.5 Å². The van der Waals surface area contributed by atoms with Crippen molar-refractivity contribution in [1.29, 1.82) is 0 Å². The van der Waals surface area contributed by atoms with Gasteiger partial charge in [-0.1, -0.05) is 13.0 Å². The summed E-state index contributed by atoms with van der Waals surface area (Å²) in [4.78, 5) is 23.9. The number of nitrogens with zero attached hydrogens (tertiary/aromatic N) is 1. The lowest BCUT2D eigenvalue weighted by Gasteiger charge is -2.48. The Hall–Kier alpha value is -1.95. The van der Waals surface area contributed by atoms with E-state index in [1.807, 2.05) is 6.07 Å². The van der Waals surface area contributed by atoms with E-state index in [1.54, 1.807) is 6.07 Å². The average Bonchev–Trinajstić information content (AvgIpc) is 2.96. The van der Waals surface area contributed by atoms with Crippen LogP contribution in [0.2, 0.25) is 0 Å². The molecule has 1 aromatic carbocycles. The fourth-order valence-electron chi connectivity index (χ4n) is 5.96. The van der Waals surface area contributed by atoms with Crippen molar-refractivity contribution in [1.82, 2.24) is 0 Å². The third kappa shape index (κ3) is 2.85. The molecule has 0 spiro atoms. The zero-order valence-corrected chi connectivity index (χ0v) is 15.8. The number of Topliss-reactive ketones (excluding diaryl/α,β-unsaturated/α-hetero) is 1. The second-order valence-corrected chi connectivity index (χ2v) is 8.50. The van der Waals surface area contributed by atoms with E-state index in [2.05, 4.69) is 6.92 Å². The van der Waals surface area contributed by atoms with E-state index in [9.17, 15) is 14.9 Å². The minimum atomic E-state index is -0.320. The quantitative estimate of drug-likeness (QED) is 0.482. The van der Waals surface area contributed by atoms with Gasteiger partial charge in [-0.25, -0.2) is 0 Å². The highest BCUT2D eigenvalue weighted by molar-refractivity contribution is 5.87. The second-order valence-electron chi connectivity index (χ2n) is 8.50. The Balaban J connectivity index is 1.68. The summed E-state index contributed by atoms with van der Waals surface area (Å²) in [5.74, 6) is 1.89. The highest BCUT2D eigenvalue weighted by Crippen LogP contribution is 2.60. The number of hydrogen-bond donors (Lipinski definition) is 1. The summed E-state index contributed by atoms with van der Waals surface area (Å²) in [6, 6.07) is 3.73. The SMILES string of the molecule is C[C@@]12CC[C@@H]3c4ccc(OCCCO)c([N+](=O)[O-])c4CC[C@@H]3[C@@H]1CCC2=O. The number of rotatable bonds is 5. The molecule has 0 heterocycles. The highest BCUT2D eigenvalue weighted by atomic mass is 16.6. The van der Waals surface area contributed by atoms with Crippen LogP contribution in [-0.4, -0.2) is 29.0 Å². The van der Waals surface area contributed by atoms with Crippen LogP contribution in [0.5, 0.6) is 5.75 Å². The van der Waals surface area contributed by atoms with Crippen molar-refractivity contribution in [2.24, 2.45) is 17.3 Å². The molecule has 3 aliphatic carbocycles. The molecule has 0 bridgehead atoms. The van der Waals surface area contributed by atoms with Crippen molar-refractivity contribution in [3.8, 4) is 5.75 Å². The van der Waals surface area contributed by atoms with Crippen LogP contribution >= 0.6 is 0 Å². The summed E-state index contributed by atoms with van der Waals surface area (Å²) in [5.41, 5.74) is 1.82. The third-order valence-electron chi connectivity index (χ3n) is 7.30. The fourth-order valence-corrected chi connectivity index (χ4v) is 5.96. The molecule has 2 saturated carbocycles. The molecule has 1 aromatic rings. The van der Waals surface area contributed by atoms with Crippen molar-refractivity contribution < 1.29 is 19.6 Å². The second kappa shape index (κ2) is 6.89. The number of carbonyl (C=O) groups excluding carboxylic acids is 1. The van der Waals surface area contributed by atoms with Gasteiger partial charge in [0.05, 0.1) is 11.5 Å². The third-order valence-corrected chi connectivity index (χ3v) is 7.30. The number of aliphatic hydroxyl groups excluding tert-OH is 1.